The Balaban J connectivity index is 1.46. The van der Waals surface area contributed by atoms with Gasteiger partial charge in [0, 0.05) is 6.07 Å². The normalized spacial score (nSPS) is 41.6. The van der Waals surface area contributed by atoms with Crippen LogP contribution in [0.4, 0.5) is 11.4 Å². The van der Waals surface area contributed by atoms with E-state index in [1.807, 2.05) is 0 Å². The van der Waals surface area contributed by atoms with E-state index < -0.39 is 139 Å². The number of nitro groups is 2. The van der Waals surface area contributed by atoms with Crippen molar-refractivity contribution in [2.75, 3.05) is 19.8 Å². The Morgan fingerprint density at radius 3 is 1.54 bits per heavy atom. The Labute approximate surface area is 257 Å². The van der Waals surface area contributed by atoms with Gasteiger partial charge in [-0.05, 0) is 6.07 Å². The van der Waals surface area contributed by atoms with Gasteiger partial charge >= 0.3 is 5.69 Å². The Morgan fingerprint density at radius 1 is 0.609 bits per heavy atom. The fourth-order valence-electron chi connectivity index (χ4n) is 5.13. The predicted molar refractivity (Wildman–Crippen MR) is 139 cm³/mol. The van der Waals surface area contributed by atoms with Gasteiger partial charge in [-0.2, -0.15) is 0 Å². The number of nitrogens with zero attached hydrogens (tertiary/aromatic N) is 2. The molecule has 0 saturated carbocycles. The van der Waals surface area contributed by atoms with Crippen molar-refractivity contribution in [3.63, 3.8) is 0 Å². The van der Waals surface area contributed by atoms with E-state index in [1.165, 1.54) is 0 Å². The number of hydrogen-bond donors (Lipinski definition) is 10. The van der Waals surface area contributed by atoms with Crippen LogP contribution >= 0.6 is 0 Å². The fraction of sp³-hybridized carbons (Fsp3) is 0.750. The van der Waals surface area contributed by atoms with Crippen molar-refractivity contribution in [2.24, 2.45) is 0 Å². The molecule has 3 fully saturated rings. The SMILES string of the molecule is O=[N+]([O-])c1ccc(O[C@H]2O[C@H](CO)[C@@H](O[C@H]3O[C@H](CO)[C@@H](O[C@H]4O[C@H](CO)[C@@H](O)[C@H](O)[C@H]4O)[C@H](O)[C@H]3O)[C@H](O)[C@H]2O)c([N+](=O)[O-])c1. The number of nitro benzene ring substituents is 2. The van der Waals surface area contributed by atoms with E-state index in [2.05, 4.69) is 0 Å². The Morgan fingerprint density at radius 2 is 1.07 bits per heavy atom. The molecule has 15 atom stereocenters. The molecular formula is C24H34N2O20. The van der Waals surface area contributed by atoms with Crippen molar-refractivity contribution < 1.29 is 89.3 Å². The Bertz CT molecular complexity index is 1200. The Hall–Kier alpha value is -2.78. The highest BCUT2D eigenvalue weighted by Crippen LogP contribution is 2.36. The molecule has 22 nitrogen and oxygen atoms in total. The van der Waals surface area contributed by atoms with Crippen molar-refractivity contribution in [3.8, 4) is 5.75 Å². The summed E-state index contributed by atoms with van der Waals surface area (Å²) in [6, 6.07) is 2.33. The molecule has 0 unspecified atom stereocenters. The monoisotopic (exact) mass is 670 g/mol. The highest BCUT2D eigenvalue weighted by Gasteiger charge is 2.53. The van der Waals surface area contributed by atoms with Crippen LogP contribution in [0.1, 0.15) is 0 Å². The molecule has 10 N–H and O–H groups in total. The van der Waals surface area contributed by atoms with Crippen molar-refractivity contribution in [1.82, 2.24) is 0 Å². The van der Waals surface area contributed by atoms with E-state index in [0.717, 1.165) is 12.1 Å². The first-order valence-electron chi connectivity index (χ1n) is 13.7. The molecule has 0 aliphatic carbocycles. The van der Waals surface area contributed by atoms with Gasteiger partial charge in [-0.15, -0.1) is 0 Å². The molecule has 1 aromatic carbocycles. The van der Waals surface area contributed by atoms with E-state index in [9.17, 15) is 71.3 Å². The molecule has 22 heteroatoms. The second-order valence-electron chi connectivity index (χ2n) is 10.6. The average molecular weight is 671 g/mol. The van der Waals surface area contributed by atoms with E-state index in [0.29, 0.717) is 6.07 Å². The van der Waals surface area contributed by atoms with Gasteiger partial charge in [-0.25, -0.2) is 0 Å². The van der Waals surface area contributed by atoms with Gasteiger partial charge < -0.3 is 79.5 Å². The molecule has 3 aliphatic rings. The van der Waals surface area contributed by atoms with Gasteiger partial charge in [0.05, 0.1) is 35.7 Å². The number of benzene rings is 1. The average Bonchev–Trinajstić information content (AvgIpc) is 3.03. The molecule has 260 valence electrons. The molecule has 0 spiro atoms. The number of ether oxygens (including phenoxy) is 6. The predicted octanol–water partition coefficient (Wildman–Crippen LogP) is -5.67. The zero-order valence-electron chi connectivity index (χ0n) is 23.5. The zero-order valence-corrected chi connectivity index (χ0v) is 23.5. The van der Waals surface area contributed by atoms with E-state index in [4.69, 9.17) is 28.4 Å². The largest absolute Gasteiger partial charge is 0.455 e. The van der Waals surface area contributed by atoms with Crippen LogP contribution in [0, 0.1) is 20.2 Å². The molecular weight excluding hydrogens is 636 g/mol. The molecule has 0 amide bonds. The molecule has 1 aromatic rings. The highest BCUT2D eigenvalue weighted by atomic mass is 16.8. The van der Waals surface area contributed by atoms with Crippen LogP contribution in [0.5, 0.6) is 5.75 Å². The second-order valence-corrected chi connectivity index (χ2v) is 10.6. The number of hydrogen-bond acceptors (Lipinski definition) is 20. The summed E-state index contributed by atoms with van der Waals surface area (Å²) in [4.78, 5) is 20.6. The van der Waals surface area contributed by atoms with E-state index in [-0.39, 0.29) is 0 Å². The third-order valence-electron chi connectivity index (χ3n) is 7.67. The first-order valence-corrected chi connectivity index (χ1v) is 13.7. The van der Waals surface area contributed by atoms with Crippen molar-refractivity contribution in [3.05, 3.63) is 38.4 Å². The summed E-state index contributed by atoms with van der Waals surface area (Å²) in [7, 11) is 0. The number of rotatable bonds is 11. The summed E-state index contributed by atoms with van der Waals surface area (Å²) in [6.07, 6.45) is -27.1. The number of non-ortho nitro benzene ring substituents is 1. The van der Waals surface area contributed by atoms with Crippen LogP contribution in [0.3, 0.4) is 0 Å². The maximum atomic E-state index is 11.4. The minimum absolute atomic E-state index is 0.590. The van der Waals surface area contributed by atoms with Gasteiger partial charge in [0.2, 0.25) is 12.0 Å². The van der Waals surface area contributed by atoms with E-state index in [1.54, 1.807) is 0 Å². The van der Waals surface area contributed by atoms with Crippen LogP contribution < -0.4 is 4.74 Å². The van der Waals surface area contributed by atoms with Gasteiger partial charge in [0.1, 0.15) is 73.2 Å². The van der Waals surface area contributed by atoms with Crippen LogP contribution in [0.2, 0.25) is 0 Å². The summed E-state index contributed by atoms with van der Waals surface area (Å²) in [6.45, 7) is -2.64. The van der Waals surface area contributed by atoms with Gasteiger partial charge in [-0.3, -0.25) is 20.2 Å². The molecule has 3 aliphatic heterocycles. The first-order chi connectivity index (χ1) is 21.7. The second kappa shape index (κ2) is 15.0. The first kappa shape index (κ1) is 36.1. The molecule has 46 heavy (non-hydrogen) atoms. The Kier molecular flexibility index (Phi) is 11.7. The summed E-state index contributed by atoms with van der Waals surface area (Å²) in [5.74, 6) is -0.590. The molecule has 3 saturated heterocycles. The van der Waals surface area contributed by atoms with E-state index >= 15 is 0 Å². The number of aliphatic hydroxyl groups is 10. The summed E-state index contributed by atoms with van der Waals surface area (Å²) in [5, 5.41) is 125. The number of aliphatic hydroxyl groups excluding tert-OH is 10. The minimum Gasteiger partial charge on any atom is -0.455 e. The third kappa shape index (κ3) is 7.20. The third-order valence-corrected chi connectivity index (χ3v) is 7.67. The smallest absolute Gasteiger partial charge is 0.317 e. The lowest BCUT2D eigenvalue weighted by molar-refractivity contribution is -0.395. The van der Waals surface area contributed by atoms with Crippen molar-refractivity contribution >= 4 is 11.4 Å². The quantitative estimate of drug-likeness (QED) is 0.0774. The van der Waals surface area contributed by atoms with Gasteiger partial charge in [-0.1, -0.05) is 0 Å². The fourth-order valence-corrected chi connectivity index (χ4v) is 5.13. The highest BCUT2D eigenvalue weighted by molar-refractivity contribution is 5.53. The van der Waals surface area contributed by atoms with Gasteiger partial charge in [0.15, 0.2) is 12.6 Å². The lowest BCUT2D eigenvalue weighted by Crippen LogP contribution is -2.66. The lowest BCUT2D eigenvalue weighted by Gasteiger charge is -2.48. The molecule has 4 rings (SSSR count). The van der Waals surface area contributed by atoms with Crippen LogP contribution in [-0.2, 0) is 23.7 Å². The molecule has 0 aromatic heterocycles. The summed E-state index contributed by atoms with van der Waals surface area (Å²) in [5.41, 5.74) is -1.51. The maximum absolute atomic E-state index is 11.4. The summed E-state index contributed by atoms with van der Waals surface area (Å²) >= 11 is 0. The lowest BCUT2D eigenvalue weighted by atomic mass is 9.96. The van der Waals surface area contributed by atoms with Crippen molar-refractivity contribution in [1.29, 1.82) is 0 Å². The topological polar surface area (TPSA) is 344 Å². The minimum atomic E-state index is -2.05. The maximum Gasteiger partial charge on any atom is 0.317 e. The van der Waals surface area contributed by atoms with Gasteiger partial charge in [0.25, 0.3) is 5.69 Å². The van der Waals surface area contributed by atoms with Crippen LogP contribution in [0.25, 0.3) is 0 Å². The zero-order chi connectivity index (χ0) is 34.0. The standard InChI is InChI=1S/C24H34N2O20/c27-4-10-13(30)14(31)17(34)23(42-10)45-21-12(6-29)44-24(19(36)16(21)33)46-20-11(5-28)43-22(18(35)15(20)32)41-9-2-1-7(25(37)38)3-8(9)26(39)40/h1-3,10-24,27-36H,4-6H2/t10-,11-,12-,13-,14+,15-,16-,17-,18-,19-,20-,21-,22+,23-,24-/m1/s1. The molecule has 0 radical (unpaired) electrons. The molecule has 3 heterocycles. The van der Waals surface area contributed by atoms with Crippen molar-refractivity contribution in [2.45, 2.75) is 92.1 Å². The molecule has 0 bridgehead atoms. The van der Waals surface area contributed by atoms with Crippen LogP contribution in [-0.4, -0.2) is 173 Å². The van der Waals surface area contributed by atoms with Crippen LogP contribution in [0.15, 0.2) is 18.2 Å². The summed E-state index contributed by atoms with van der Waals surface area (Å²) < 4.78 is 32.5.